The fraction of sp³-hybridized carbons (Fsp3) is 0.0566. The largest absolute Gasteiger partial charge is 0.294 e. The van der Waals surface area contributed by atoms with E-state index in [0.29, 0.717) is 17.5 Å². The topological polar surface area (TPSA) is 56.5 Å². The van der Waals surface area contributed by atoms with Gasteiger partial charge in [0.2, 0.25) is 0 Å². The Morgan fingerprint density at radius 1 is 0.397 bits per heavy atom. The van der Waals surface area contributed by atoms with Gasteiger partial charge in [-0.05, 0) is 87.0 Å². The first-order valence-corrected chi connectivity index (χ1v) is 19.7. The zero-order chi connectivity index (χ0) is 38.8. The van der Waals surface area contributed by atoms with Crippen molar-refractivity contribution < 1.29 is 0 Å². The van der Waals surface area contributed by atoms with Crippen molar-refractivity contribution >= 4 is 21.9 Å². The second-order valence-electron chi connectivity index (χ2n) is 15.5. The Kier molecular flexibility index (Phi) is 7.76. The predicted molar refractivity (Wildman–Crippen MR) is 237 cm³/mol. The van der Waals surface area contributed by atoms with Crippen LogP contribution in [-0.4, -0.2) is 24.5 Å². The highest BCUT2D eigenvalue weighted by atomic mass is 15.0. The third-order valence-electron chi connectivity index (χ3n) is 11.7. The van der Waals surface area contributed by atoms with Crippen molar-refractivity contribution in [2.24, 2.45) is 0 Å². The van der Waals surface area contributed by atoms with E-state index in [1.807, 2.05) is 24.4 Å². The number of nitrogens with zero attached hydrogens (tertiary/aromatic N) is 5. The number of rotatable bonds is 6. The molecule has 0 spiro atoms. The molecule has 0 saturated heterocycles. The first-order chi connectivity index (χ1) is 28.5. The van der Waals surface area contributed by atoms with E-state index in [9.17, 15) is 0 Å². The minimum absolute atomic E-state index is 0.279. The van der Waals surface area contributed by atoms with Crippen molar-refractivity contribution in [3.8, 4) is 73.2 Å². The lowest BCUT2D eigenvalue weighted by molar-refractivity contribution is 0.660. The third kappa shape index (κ3) is 5.54. The zero-order valence-electron chi connectivity index (χ0n) is 32.1. The lowest BCUT2D eigenvalue weighted by atomic mass is 9.82. The molecule has 0 radical (unpaired) electrons. The molecule has 0 fully saturated rings. The highest BCUT2D eigenvalue weighted by Gasteiger charge is 2.36. The molecule has 0 N–H and O–H groups in total. The van der Waals surface area contributed by atoms with E-state index in [1.165, 1.54) is 33.2 Å². The van der Waals surface area contributed by atoms with Crippen LogP contribution in [0.25, 0.3) is 95.2 Å². The van der Waals surface area contributed by atoms with Crippen LogP contribution in [0.5, 0.6) is 0 Å². The summed E-state index contributed by atoms with van der Waals surface area (Å²) in [6.45, 7) is 4.64. The van der Waals surface area contributed by atoms with Gasteiger partial charge in [-0.2, -0.15) is 0 Å². The normalized spacial score (nSPS) is 12.8. The van der Waals surface area contributed by atoms with Crippen LogP contribution in [0.4, 0.5) is 0 Å². The summed E-state index contributed by atoms with van der Waals surface area (Å²) in [6.07, 6.45) is 1.88. The number of benzene rings is 7. The predicted octanol–water partition coefficient (Wildman–Crippen LogP) is 13.0. The van der Waals surface area contributed by atoms with Crippen molar-refractivity contribution in [3.05, 3.63) is 199 Å². The van der Waals surface area contributed by atoms with Gasteiger partial charge in [0.25, 0.3) is 0 Å². The summed E-state index contributed by atoms with van der Waals surface area (Å²) in [7, 11) is 0. The van der Waals surface area contributed by atoms with Gasteiger partial charge in [0.05, 0.1) is 5.52 Å². The van der Waals surface area contributed by atoms with E-state index in [4.69, 9.17) is 19.9 Å². The molecule has 0 atom stereocenters. The fourth-order valence-corrected chi connectivity index (χ4v) is 8.73. The van der Waals surface area contributed by atoms with Crippen molar-refractivity contribution in [2.45, 2.75) is 19.3 Å². The zero-order valence-corrected chi connectivity index (χ0v) is 32.1. The van der Waals surface area contributed by atoms with Crippen molar-refractivity contribution in [1.82, 2.24) is 24.5 Å². The molecular weight excluding hydrogens is 707 g/mol. The van der Waals surface area contributed by atoms with Gasteiger partial charge in [0, 0.05) is 44.8 Å². The Labute approximate surface area is 337 Å². The number of fused-ring (bicyclic) bond motifs is 6. The summed E-state index contributed by atoms with van der Waals surface area (Å²) in [5, 5.41) is 2.36. The molecule has 0 aliphatic heterocycles. The molecule has 1 aliphatic rings. The summed E-state index contributed by atoms with van der Waals surface area (Å²) >= 11 is 0. The Morgan fingerprint density at radius 2 is 0.914 bits per heavy atom. The highest BCUT2D eigenvalue weighted by molar-refractivity contribution is 6.07. The molecule has 10 aromatic rings. The molecule has 0 saturated carbocycles. The van der Waals surface area contributed by atoms with Gasteiger partial charge < -0.3 is 0 Å². The lowest BCUT2D eigenvalue weighted by Gasteiger charge is -2.23. The van der Waals surface area contributed by atoms with Crippen LogP contribution in [-0.2, 0) is 5.41 Å². The van der Waals surface area contributed by atoms with E-state index in [2.05, 4.69) is 182 Å². The first kappa shape index (κ1) is 33.8. The summed E-state index contributed by atoms with van der Waals surface area (Å²) < 4.78 is 2.29. The van der Waals surface area contributed by atoms with Crippen molar-refractivity contribution in [1.29, 1.82) is 0 Å². The van der Waals surface area contributed by atoms with Crippen LogP contribution in [0.2, 0.25) is 0 Å². The maximum Gasteiger partial charge on any atom is 0.164 e. The Hall–Kier alpha value is -7.50. The minimum atomic E-state index is -0.279. The Bertz CT molecular complexity index is 3130. The van der Waals surface area contributed by atoms with E-state index in [-0.39, 0.29) is 5.41 Å². The summed E-state index contributed by atoms with van der Waals surface area (Å²) in [5.74, 6) is 1.92. The van der Waals surface area contributed by atoms with Crippen LogP contribution >= 0.6 is 0 Å². The average molecular weight is 744 g/mol. The molecule has 58 heavy (non-hydrogen) atoms. The molecule has 1 aliphatic carbocycles. The number of hydrogen-bond acceptors (Lipinski definition) is 4. The standard InChI is InChI=1S/C53H37N5/c1-53(2)46-32-40(26-28-42(46)43-29-27-41(33-47(43)53)58-48-21-10-9-19-44(48)45-20-12-30-54-52(45)58)51-56-49(37-24-22-36(23-25-37)34-13-5-3-6-14-34)55-50(57-51)39-18-11-17-38(31-39)35-15-7-4-8-16-35/h3-33H,1-2H3. The van der Waals surface area contributed by atoms with E-state index < -0.39 is 0 Å². The van der Waals surface area contributed by atoms with Crippen LogP contribution in [0.1, 0.15) is 25.0 Å². The minimum Gasteiger partial charge on any atom is -0.294 e. The SMILES string of the molecule is CC1(C)c2cc(-c3nc(-c4ccc(-c5ccccc5)cc4)nc(-c4cccc(-c5ccccc5)c4)n3)ccc2-c2ccc(-n3c4ccccc4c4cccnc43)cc21. The molecular formula is C53H37N5. The van der Waals surface area contributed by atoms with Crippen LogP contribution in [0.15, 0.2) is 188 Å². The Morgan fingerprint density at radius 3 is 1.66 bits per heavy atom. The molecule has 3 aromatic heterocycles. The Balaban J connectivity index is 1.02. The third-order valence-corrected chi connectivity index (χ3v) is 11.7. The quantitative estimate of drug-likeness (QED) is 0.170. The number of hydrogen-bond donors (Lipinski definition) is 0. The molecule has 3 heterocycles. The van der Waals surface area contributed by atoms with Gasteiger partial charge in [0.1, 0.15) is 5.65 Å². The van der Waals surface area contributed by atoms with Gasteiger partial charge in [-0.15, -0.1) is 0 Å². The molecule has 5 nitrogen and oxygen atoms in total. The monoisotopic (exact) mass is 743 g/mol. The molecule has 274 valence electrons. The molecule has 11 rings (SSSR count). The fourth-order valence-electron chi connectivity index (χ4n) is 8.73. The molecule has 0 bridgehead atoms. The second kappa shape index (κ2) is 13.3. The van der Waals surface area contributed by atoms with Crippen molar-refractivity contribution in [2.75, 3.05) is 0 Å². The van der Waals surface area contributed by atoms with Crippen molar-refractivity contribution in [3.63, 3.8) is 0 Å². The molecule has 0 unspecified atom stereocenters. The second-order valence-corrected chi connectivity index (χ2v) is 15.5. The van der Waals surface area contributed by atoms with Gasteiger partial charge >= 0.3 is 0 Å². The highest BCUT2D eigenvalue weighted by Crippen LogP contribution is 2.50. The lowest BCUT2D eigenvalue weighted by Crippen LogP contribution is -2.15. The maximum atomic E-state index is 5.19. The van der Waals surface area contributed by atoms with E-state index in [1.54, 1.807) is 0 Å². The number of para-hydroxylation sites is 1. The van der Waals surface area contributed by atoms with Gasteiger partial charge in [0.15, 0.2) is 17.5 Å². The molecule has 7 aromatic carbocycles. The van der Waals surface area contributed by atoms with Gasteiger partial charge in [-0.3, -0.25) is 4.57 Å². The van der Waals surface area contributed by atoms with Crippen LogP contribution < -0.4 is 0 Å². The van der Waals surface area contributed by atoms with Crippen LogP contribution in [0.3, 0.4) is 0 Å². The summed E-state index contributed by atoms with van der Waals surface area (Å²) in [6, 6.07) is 64.1. The summed E-state index contributed by atoms with van der Waals surface area (Å²) in [5.41, 5.74) is 15.4. The molecule has 0 amide bonds. The van der Waals surface area contributed by atoms with Gasteiger partial charge in [-0.25, -0.2) is 19.9 Å². The maximum absolute atomic E-state index is 5.19. The van der Waals surface area contributed by atoms with E-state index >= 15 is 0 Å². The average Bonchev–Trinajstić information content (AvgIpc) is 3.74. The number of aromatic nitrogens is 5. The van der Waals surface area contributed by atoms with Crippen LogP contribution in [0, 0.1) is 0 Å². The van der Waals surface area contributed by atoms with Gasteiger partial charge in [-0.1, -0.05) is 153 Å². The smallest absolute Gasteiger partial charge is 0.164 e. The summed E-state index contributed by atoms with van der Waals surface area (Å²) in [4.78, 5) is 20.3. The number of pyridine rings is 1. The first-order valence-electron chi connectivity index (χ1n) is 19.7. The van der Waals surface area contributed by atoms with E-state index in [0.717, 1.165) is 55.6 Å². The molecule has 5 heteroatoms.